The first-order valence-corrected chi connectivity index (χ1v) is 8.70. The molecule has 0 radical (unpaired) electrons. The van der Waals surface area contributed by atoms with Crippen LogP contribution < -0.4 is 5.32 Å². The number of nitrogens with zero attached hydrogens (tertiary/aromatic N) is 2. The molecule has 0 bridgehead atoms. The van der Waals surface area contributed by atoms with Crippen molar-refractivity contribution in [2.75, 3.05) is 18.4 Å². The maximum Gasteiger partial charge on any atom is 0.0898 e. The first kappa shape index (κ1) is 13.3. The van der Waals surface area contributed by atoms with Crippen molar-refractivity contribution in [1.82, 2.24) is 9.88 Å². The molecule has 1 aromatic heterocycles. The summed E-state index contributed by atoms with van der Waals surface area (Å²) < 4.78 is 0. The molecule has 4 rings (SSSR count). The normalized spacial score (nSPS) is 21.5. The number of hydrogen-bond donors (Lipinski definition) is 1. The third kappa shape index (κ3) is 2.47. The number of thiazole rings is 1. The van der Waals surface area contributed by atoms with Gasteiger partial charge >= 0.3 is 0 Å². The van der Waals surface area contributed by atoms with Crippen LogP contribution in [0.5, 0.6) is 0 Å². The molecule has 0 aliphatic carbocycles. The second kappa shape index (κ2) is 5.43. The van der Waals surface area contributed by atoms with E-state index < -0.39 is 0 Å². The van der Waals surface area contributed by atoms with Gasteiger partial charge in [-0.15, -0.1) is 11.3 Å². The predicted octanol–water partition coefficient (Wildman–Crippen LogP) is 3.76. The Labute approximate surface area is 130 Å². The molecular formula is C17H21N3S. The maximum absolute atomic E-state index is 4.72. The number of fused-ring (bicyclic) bond motifs is 1. The van der Waals surface area contributed by atoms with Crippen LogP contribution in [0, 0.1) is 6.92 Å². The molecule has 1 unspecified atom stereocenters. The van der Waals surface area contributed by atoms with Crippen LogP contribution in [-0.2, 0) is 13.0 Å². The lowest BCUT2D eigenvalue weighted by Gasteiger charge is -2.24. The summed E-state index contributed by atoms with van der Waals surface area (Å²) in [5.41, 5.74) is 5.59. The van der Waals surface area contributed by atoms with Crippen molar-refractivity contribution >= 4 is 17.0 Å². The molecule has 110 valence electrons. The Morgan fingerprint density at radius 1 is 1.43 bits per heavy atom. The van der Waals surface area contributed by atoms with E-state index in [1.807, 2.05) is 0 Å². The smallest absolute Gasteiger partial charge is 0.0898 e. The van der Waals surface area contributed by atoms with Crippen molar-refractivity contribution in [3.8, 4) is 0 Å². The van der Waals surface area contributed by atoms with E-state index in [1.165, 1.54) is 46.9 Å². The topological polar surface area (TPSA) is 28.2 Å². The molecule has 0 spiro atoms. The number of para-hydroxylation sites is 1. The lowest BCUT2D eigenvalue weighted by atomic mass is 10.1. The molecule has 1 atom stereocenters. The minimum Gasteiger partial charge on any atom is -0.384 e. The minimum absolute atomic E-state index is 0.507. The molecule has 3 heterocycles. The largest absolute Gasteiger partial charge is 0.384 e. The second-order valence-electron chi connectivity index (χ2n) is 6.05. The Bertz CT molecular complexity index is 649. The fourth-order valence-electron chi connectivity index (χ4n) is 3.64. The third-order valence-electron chi connectivity index (χ3n) is 4.65. The van der Waals surface area contributed by atoms with Gasteiger partial charge in [0.2, 0.25) is 0 Å². The van der Waals surface area contributed by atoms with E-state index in [4.69, 9.17) is 4.98 Å². The van der Waals surface area contributed by atoms with Gasteiger partial charge in [0.25, 0.3) is 0 Å². The van der Waals surface area contributed by atoms with E-state index >= 15 is 0 Å². The molecule has 2 aliphatic rings. The van der Waals surface area contributed by atoms with Gasteiger partial charge in [0, 0.05) is 24.2 Å². The molecule has 21 heavy (non-hydrogen) atoms. The van der Waals surface area contributed by atoms with Crippen molar-refractivity contribution in [1.29, 1.82) is 0 Å². The summed E-state index contributed by atoms with van der Waals surface area (Å²) in [6.45, 7) is 5.41. The first-order valence-electron chi connectivity index (χ1n) is 7.82. The fourth-order valence-corrected chi connectivity index (χ4v) is 4.30. The van der Waals surface area contributed by atoms with Crippen molar-refractivity contribution in [2.45, 2.75) is 38.8 Å². The number of likely N-dealkylation sites (tertiary alicyclic amines) is 1. The lowest BCUT2D eigenvalue weighted by molar-refractivity contribution is 0.245. The Hall–Kier alpha value is -1.39. The number of nitrogens with one attached hydrogen (secondary N) is 1. The van der Waals surface area contributed by atoms with Crippen molar-refractivity contribution < 1.29 is 0 Å². The highest BCUT2D eigenvalue weighted by Gasteiger charge is 2.28. The summed E-state index contributed by atoms with van der Waals surface area (Å²) in [6, 6.07) is 7.24. The summed E-state index contributed by atoms with van der Waals surface area (Å²) in [7, 11) is 0. The molecule has 2 aliphatic heterocycles. The lowest BCUT2D eigenvalue weighted by Crippen LogP contribution is -2.23. The Morgan fingerprint density at radius 3 is 3.24 bits per heavy atom. The van der Waals surface area contributed by atoms with Gasteiger partial charge in [-0.2, -0.15) is 0 Å². The minimum atomic E-state index is 0.507. The van der Waals surface area contributed by atoms with Crippen LogP contribution in [0.15, 0.2) is 23.6 Å². The van der Waals surface area contributed by atoms with Crippen LogP contribution in [0.25, 0.3) is 0 Å². The van der Waals surface area contributed by atoms with E-state index in [-0.39, 0.29) is 0 Å². The molecule has 1 aromatic carbocycles. The molecule has 1 N–H and O–H groups in total. The quantitative estimate of drug-likeness (QED) is 0.935. The van der Waals surface area contributed by atoms with Crippen LogP contribution >= 0.6 is 11.3 Å². The molecule has 0 amide bonds. The summed E-state index contributed by atoms with van der Waals surface area (Å²) in [5.74, 6) is 0. The summed E-state index contributed by atoms with van der Waals surface area (Å²) in [5, 5.41) is 6.98. The van der Waals surface area contributed by atoms with Gasteiger partial charge in [-0.25, -0.2) is 4.98 Å². The highest BCUT2D eigenvalue weighted by Crippen LogP contribution is 2.35. The number of anilines is 1. The molecule has 0 saturated carbocycles. The SMILES string of the molecule is Cc1nc(C2CCCN2Cc2cccc3c2NCC3)cs1. The average molecular weight is 299 g/mol. The van der Waals surface area contributed by atoms with Gasteiger partial charge in [-0.3, -0.25) is 4.90 Å². The summed E-state index contributed by atoms with van der Waals surface area (Å²) >= 11 is 1.77. The Balaban J connectivity index is 1.58. The fraction of sp³-hybridized carbons (Fsp3) is 0.471. The van der Waals surface area contributed by atoms with Gasteiger partial charge in [-0.05, 0) is 43.9 Å². The highest BCUT2D eigenvalue weighted by molar-refractivity contribution is 7.09. The second-order valence-corrected chi connectivity index (χ2v) is 7.11. The van der Waals surface area contributed by atoms with Crippen molar-refractivity contribution in [3.05, 3.63) is 45.4 Å². The van der Waals surface area contributed by atoms with E-state index in [2.05, 4.69) is 40.7 Å². The van der Waals surface area contributed by atoms with Crippen molar-refractivity contribution in [2.24, 2.45) is 0 Å². The molecule has 1 saturated heterocycles. The first-order chi connectivity index (χ1) is 10.3. The van der Waals surface area contributed by atoms with Gasteiger partial charge in [0.05, 0.1) is 16.7 Å². The summed E-state index contributed by atoms with van der Waals surface area (Å²) in [4.78, 5) is 7.32. The average Bonchev–Trinajstić information content (AvgIpc) is 3.18. The molecular weight excluding hydrogens is 278 g/mol. The number of aryl methyl sites for hydroxylation is 1. The Kier molecular flexibility index (Phi) is 3.43. The number of rotatable bonds is 3. The Morgan fingerprint density at radius 2 is 2.38 bits per heavy atom. The zero-order valence-corrected chi connectivity index (χ0v) is 13.2. The van der Waals surface area contributed by atoms with Crippen LogP contribution in [0.3, 0.4) is 0 Å². The zero-order chi connectivity index (χ0) is 14.2. The molecule has 3 nitrogen and oxygen atoms in total. The third-order valence-corrected chi connectivity index (χ3v) is 5.44. The van der Waals surface area contributed by atoms with Crippen LogP contribution in [0.1, 0.15) is 40.7 Å². The maximum atomic E-state index is 4.72. The molecule has 1 fully saturated rings. The van der Waals surface area contributed by atoms with E-state index in [1.54, 1.807) is 11.3 Å². The monoisotopic (exact) mass is 299 g/mol. The number of aromatic nitrogens is 1. The van der Waals surface area contributed by atoms with Gasteiger partial charge in [-0.1, -0.05) is 18.2 Å². The van der Waals surface area contributed by atoms with Crippen LogP contribution in [-0.4, -0.2) is 23.0 Å². The van der Waals surface area contributed by atoms with E-state index in [9.17, 15) is 0 Å². The molecule has 4 heteroatoms. The van der Waals surface area contributed by atoms with Crippen LogP contribution in [0.2, 0.25) is 0 Å². The van der Waals surface area contributed by atoms with Crippen molar-refractivity contribution in [3.63, 3.8) is 0 Å². The number of hydrogen-bond acceptors (Lipinski definition) is 4. The van der Waals surface area contributed by atoms with Gasteiger partial charge < -0.3 is 5.32 Å². The number of benzene rings is 1. The standard InChI is InChI=1S/C17H21N3S/c1-12-19-15(11-21-12)16-6-3-9-20(16)10-14-5-2-4-13-7-8-18-17(13)14/h2,4-5,11,16,18H,3,6-10H2,1H3. The predicted molar refractivity (Wildman–Crippen MR) is 87.9 cm³/mol. The van der Waals surface area contributed by atoms with E-state index in [0.29, 0.717) is 6.04 Å². The van der Waals surface area contributed by atoms with Gasteiger partial charge in [0.1, 0.15) is 0 Å². The summed E-state index contributed by atoms with van der Waals surface area (Å²) in [6.07, 6.45) is 3.69. The van der Waals surface area contributed by atoms with E-state index in [0.717, 1.165) is 19.5 Å². The van der Waals surface area contributed by atoms with Crippen LogP contribution in [0.4, 0.5) is 5.69 Å². The highest BCUT2D eigenvalue weighted by atomic mass is 32.1. The van der Waals surface area contributed by atoms with Gasteiger partial charge in [0.15, 0.2) is 0 Å². The molecule has 2 aromatic rings. The zero-order valence-electron chi connectivity index (χ0n) is 12.4.